The maximum Gasteiger partial charge on any atom is 0.161 e. The lowest BCUT2D eigenvalue weighted by molar-refractivity contribution is 1.04. The van der Waals surface area contributed by atoms with Crippen LogP contribution in [0.25, 0.3) is 77.3 Å². The number of rotatable bonds is 3. The van der Waals surface area contributed by atoms with Crippen LogP contribution in [0, 0.1) is 0 Å². The third kappa shape index (κ3) is 3.36. The van der Waals surface area contributed by atoms with Crippen LogP contribution in [0.2, 0.25) is 0 Å². The van der Waals surface area contributed by atoms with Gasteiger partial charge in [0.25, 0.3) is 0 Å². The van der Waals surface area contributed by atoms with E-state index in [1.165, 1.54) is 43.4 Å². The van der Waals surface area contributed by atoms with E-state index in [1.54, 1.807) is 0 Å². The Morgan fingerprint density at radius 3 is 1.67 bits per heavy atom. The summed E-state index contributed by atoms with van der Waals surface area (Å²) in [7, 11) is 0. The van der Waals surface area contributed by atoms with Gasteiger partial charge in [0.05, 0.1) is 22.1 Å². The fourth-order valence-corrected chi connectivity index (χ4v) is 6.48. The van der Waals surface area contributed by atoms with Crippen molar-refractivity contribution >= 4 is 54.4 Å². The van der Waals surface area contributed by atoms with Gasteiger partial charge in [0.15, 0.2) is 5.82 Å². The van der Waals surface area contributed by atoms with Gasteiger partial charge in [-0.05, 0) is 65.4 Å². The second-order valence-electron chi connectivity index (χ2n) is 10.7. The Labute approximate surface area is 241 Å². The molecule has 9 aromatic rings. The first-order valence-corrected chi connectivity index (χ1v) is 14.2. The molecule has 0 fully saturated rings. The molecule has 3 aromatic heterocycles. The minimum absolute atomic E-state index is 0.717. The van der Waals surface area contributed by atoms with Crippen LogP contribution in [0.3, 0.4) is 0 Å². The van der Waals surface area contributed by atoms with E-state index in [4.69, 9.17) is 4.98 Å². The number of fused-ring (bicyclic) bond motifs is 7. The number of hydrogen-bond donors (Lipinski definition) is 0. The Morgan fingerprint density at radius 2 is 0.976 bits per heavy atom. The lowest BCUT2D eigenvalue weighted by Gasteiger charge is -2.10. The Morgan fingerprint density at radius 1 is 0.429 bits per heavy atom. The van der Waals surface area contributed by atoms with E-state index in [9.17, 15) is 0 Å². The summed E-state index contributed by atoms with van der Waals surface area (Å²) in [5.74, 6) is 1.57. The molecule has 0 radical (unpaired) electrons. The summed E-state index contributed by atoms with van der Waals surface area (Å²) in [6.07, 6.45) is 1.86. The van der Waals surface area contributed by atoms with E-state index in [0.717, 1.165) is 28.1 Å². The van der Waals surface area contributed by atoms with Crippen LogP contribution in [-0.4, -0.2) is 19.1 Å². The van der Waals surface area contributed by atoms with Crippen LogP contribution in [0.15, 0.2) is 146 Å². The molecule has 0 bridgehead atoms. The predicted octanol–water partition coefficient (Wildman–Crippen LogP) is 9.49. The largest absolute Gasteiger partial charge is 0.309 e. The highest BCUT2D eigenvalue weighted by Crippen LogP contribution is 2.39. The molecule has 0 aliphatic carbocycles. The number of aromatic nitrogens is 4. The molecular weight excluding hydrogens is 512 g/mol. The molecule has 6 aromatic carbocycles. The summed E-state index contributed by atoms with van der Waals surface area (Å²) in [5.41, 5.74) is 6.83. The molecule has 0 atom stereocenters. The van der Waals surface area contributed by atoms with Crippen LogP contribution in [0.5, 0.6) is 0 Å². The molecular formula is C38H24N4. The Kier molecular flexibility index (Phi) is 4.87. The summed E-state index contributed by atoms with van der Waals surface area (Å²) < 4.78 is 4.65. The molecule has 9 rings (SSSR count). The summed E-state index contributed by atoms with van der Waals surface area (Å²) in [6.45, 7) is 0. The van der Waals surface area contributed by atoms with Gasteiger partial charge in [-0.15, -0.1) is 0 Å². The monoisotopic (exact) mass is 536 g/mol. The fraction of sp³-hybridized carbons (Fsp3) is 0. The van der Waals surface area contributed by atoms with Crippen LogP contribution in [-0.2, 0) is 0 Å². The lowest BCUT2D eigenvalue weighted by Crippen LogP contribution is -2.00. The molecule has 0 aliphatic heterocycles. The van der Waals surface area contributed by atoms with Crippen LogP contribution < -0.4 is 0 Å². The van der Waals surface area contributed by atoms with Gasteiger partial charge in [-0.3, -0.25) is 4.57 Å². The first kappa shape index (κ1) is 23.0. The number of benzene rings is 6. The summed E-state index contributed by atoms with van der Waals surface area (Å²) in [4.78, 5) is 9.64. The minimum atomic E-state index is 0.717. The van der Waals surface area contributed by atoms with Gasteiger partial charge in [0.1, 0.15) is 5.82 Å². The van der Waals surface area contributed by atoms with Crippen molar-refractivity contribution in [1.29, 1.82) is 0 Å². The molecule has 3 heterocycles. The summed E-state index contributed by atoms with van der Waals surface area (Å²) in [6, 6.07) is 49.4. The van der Waals surface area contributed by atoms with Crippen LogP contribution >= 0.6 is 0 Å². The highest BCUT2D eigenvalue weighted by Gasteiger charge is 2.17. The van der Waals surface area contributed by atoms with E-state index in [-0.39, 0.29) is 0 Å². The zero-order valence-electron chi connectivity index (χ0n) is 22.6. The molecule has 0 unspecified atom stereocenters. The lowest BCUT2D eigenvalue weighted by atomic mass is 10.0. The maximum atomic E-state index is 5.05. The van der Waals surface area contributed by atoms with E-state index >= 15 is 0 Å². The summed E-state index contributed by atoms with van der Waals surface area (Å²) in [5, 5.41) is 7.35. The third-order valence-corrected chi connectivity index (χ3v) is 8.34. The second kappa shape index (κ2) is 8.88. The zero-order chi connectivity index (χ0) is 27.6. The van der Waals surface area contributed by atoms with E-state index < -0.39 is 0 Å². The maximum absolute atomic E-state index is 5.05. The van der Waals surface area contributed by atoms with Gasteiger partial charge in [-0.1, -0.05) is 84.9 Å². The number of nitrogens with zero attached hydrogens (tertiary/aromatic N) is 4. The highest BCUT2D eigenvalue weighted by molar-refractivity contribution is 6.18. The molecule has 196 valence electrons. The normalized spacial score (nSPS) is 11.8. The molecule has 0 spiro atoms. The first-order valence-electron chi connectivity index (χ1n) is 14.2. The average molecular weight is 537 g/mol. The molecule has 0 amide bonds. The van der Waals surface area contributed by atoms with E-state index in [2.05, 4.69) is 129 Å². The van der Waals surface area contributed by atoms with Crippen molar-refractivity contribution < 1.29 is 0 Å². The quantitative estimate of drug-likeness (QED) is 0.225. The van der Waals surface area contributed by atoms with Crippen molar-refractivity contribution in [1.82, 2.24) is 19.1 Å². The van der Waals surface area contributed by atoms with Gasteiger partial charge in [-0.25, -0.2) is 9.97 Å². The van der Waals surface area contributed by atoms with E-state index in [1.807, 2.05) is 30.5 Å². The standard InChI is InChI=1S/C38H24N4/c1-3-11-25(12-4-1)38-39-20-19-37(40-38)42-34-18-10-8-16-30(34)32-22-26-21-31-29-15-7-9-17-33(29)41(28-13-5-2-6-14-28)35(31)23-27(26)24-36(32)42/h1-24H. The molecule has 4 heteroatoms. The van der Waals surface area contributed by atoms with E-state index in [0.29, 0.717) is 5.82 Å². The molecule has 42 heavy (non-hydrogen) atoms. The first-order chi connectivity index (χ1) is 20.8. The fourth-order valence-electron chi connectivity index (χ4n) is 6.48. The molecule has 0 N–H and O–H groups in total. The van der Waals surface area contributed by atoms with Gasteiger partial charge in [0.2, 0.25) is 0 Å². The highest BCUT2D eigenvalue weighted by atomic mass is 15.1. The molecule has 0 saturated heterocycles. The van der Waals surface area contributed by atoms with Gasteiger partial charge in [-0.2, -0.15) is 0 Å². The van der Waals surface area contributed by atoms with Crippen molar-refractivity contribution in [3.05, 3.63) is 146 Å². The second-order valence-corrected chi connectivity index (χ2v) is 10.7. The van der Waals surface area contributed by atoms with Crippen molar-refractivity contribution in [2.24, 2.45) is 0 Å². The average Bonchev–Trinajstić information content (AvgIpc) is 3.55. The van der Waals surface area contributed by atoms with Crippen LogP contribution in [0.4, 0.5) is 0 Å². The van der Waals surface area contributed by atoms with Crippen molar-refractivity contribution in [2.45, 2.75) is 0 Å². The Bertz CT molecular complexity index is 2450. The minimum Gasteiger partial charge on any atom is -0.309 e. The van der Waals surface area contributed by atoms with Gasteiger partial charge < -0.3 is 4.57 Å². The number of hydrogen-bond acceptors (Lipinski definition) is 2. The Balaban J connectivity index is 1.36. The summed E-state index contributed by atoms with van der Waals surface area (Å²) >= 11 is 0. The van der Waals surface area contributed by atoms with Crippen molar-refractivity contribution in [3.8, 4) is 22.9 Å². The Hall–Kier alpha value is -5.74. The predicted molar refractivity (Wildman–Crippen MR) is 174 cm³/mol. The smallest absolute Gasteiger partial charge is 0.161 e. The SMILES string of the molecule is c1ccc(-c2nccc(-n3c4ccccc4c4cc5cc6c7ccccc7n(-c7ccccc7)c6cc5cc43)n2)cc1. The molecule has 0 aliphatic rings. The molecule has 4 nitrogen and oxygen atoms in total. The zero-order valence-corrected chi connectivity index (χ0v) is 22.6. The topological polar surface area (TPSA) is 35.6 Å². The van der Waals surface area contributed by atoms with Gasteiger partial charge in [0, 0.05) is 39.0 Å². The van der Waals surface area contributed by atoms with Crippen LogP contribution in [0.1, 0.15) is 0 Å². The molecule has 0 saturated carbocycles. The van der Waals surface area contributed by atoms with Crippen molar-refractivity contribution in [3.63, 3.8) is 0 Å². The van der Waals surface area contributed by atoms with Crippen molar-refractivity contribution in [2.75, 3.05) is 0 Å². The number of para-hydroxylation sites is 3. The third-order valence-electron chi connectivity index (χ3n) is 8.34. The van der Waals surface area contributed by atoms with Gasteiger partial charge >= 0.3 is 0 Å².